The van der Waals surface area contributed by atoms with Crippen molar-refractivity contribution in [1.29, 1.82) is 0 Å². The number of sulfone groups is 1. The van der Waals surface area contributed by atoms with E-state index >= 15 is 0 Å². The van der Waals surface area contributed by atoms with E-state index in [0.717, 1.165) is 5.56 Å². The fourth-order valence-electron chi connectivity index (χ4n) is 4.54. The molecule has 3 aromatic carbocycles. The van der Waals surface area contributed by atoms with Gasteiger partial charge in [-0.15, -0.1) is 11.3 Å². The van der Waals surface area contributed by atoms with E-state index in [2.05, 4.69) is 0 Å². The summed E-state index contributed by atoms with van der Waals surface area (Å²) >= 11 is 1.27. The topological polar surface area (TPSA) is 126 Å². The van der Waals surface area contributed by atoms with Crippen LogP contribution in [0.2, 0.25) is 0 Å². The predicted molar refractivity (Wildman–Crippen MR) is 147 cm³/mol. The maximum absolute atomic E-state index is 13.8. The van der Waals surface area contributed by atoms with Crippen LogP contribution in [0.15, 0.2) is 72.8 Å². The standard InChI is InChI=1S/C28H24N2O7S2/c1-2-36-25(31)16-37-23-10-6-9-21-22(23)15-24(39(34,35)17-18-7-4-3-5-8-18)27-26(21)29-28(38-27)19-11-13-20(14-12-19)30(32)33/h3-14,24H,2,15-17H2,1H3. The monoisotopic (exact) mass is 564 g/mol. The highest BCUT2D eigenvalue weighted by atomic mass is 32.2. The zero-order chi connectivity index (χ0) is 27.6. The summed E-state index contributed by atoms with van der Waals surface area (Å²) in [7, 11) is -3.70. The van der Waals surface area contributed by atoms with Crippen LogP contribution in [0.3, 0.4) is 0 Å². The van der Waals surface area contributed by atoms with E-state index in [1.165, 1.54) is 23.5 Å². The Labute approximate surface area is 229 Å². The Morgan fingerprint density at radius 2 is 1.82 bits per heavy atom. The summed E-state index contributed by atoms with van der Waals surface area (Å²) in [6, 6.07) is 20.3. The van der Waals surface area contributed by atoms with Gasteiger partial charge in [0.1, 0.15) is 16.0 Å². The number of nitro benzene ring substituents is 1. The van der Waals surface area contributed by atoms with Crippen molar-refractivity contribution < 1.29 is 27.6 Å². The first-order chi connectivity index (χ1) is 18.8. The number of hydrogen-bond donors (Lipinski definition) is 0. The molecule has 1 heterocycles. The molecule has 0 bridgehead atoms. The number of carbonyl (C=O) groups excluding carboxylic acids is 1. The highest BCUT2D eigenvalue weighted by Crippen LogP contribution is 2.49. The van der Waals surface area contributed by atoms with Crippen LogP contribution >= 0.6 is 11.3 Å². The molecule has 5 rings (SSSR count). The van der Waals surface area contributed by atoms with Crippen LogP contribution in [0.1, 0.15) is 28.2 Å². The molecule has 1 aliphatic rings. The lowest BCUT2D eigenvalue weighted by Crippen LogP contribution is -2.22. The smallest absolute Gasteiger partial charge is 0.344 e. The number of rotatable bonds is 9. The van der Waals surface area contributed by atoms with Crippen molar-refractivity contribution in [3.63, 3.8) is 0 Å². The summed E-state index contributed by atoms with van der Waals surface area (Å²) < 4.78 is 38.4. The van der Waals surface area contributed by atoms with Crippen LogP contribution < -0.4 is 4.74 Å². The van der Waals surface area contributed by atoms with Gasteiger partial charge >= 0.3 is 5.97 Å². The molecular weight excluding hydrogens is 540 g/mol. The molecule has 1 unspecified atom stereocenters. The Morgan fingerprint density at radius 1 is 1.08 bits per heavy atom. The lowest BCUT2D eigenvalue weighted by atomic mass is 9.92. The Kier molecular flexibility index (Phi) is 7.45. The molecule has 0 saturated carbocycles. The number of hydrogen-bond acceptors (Lipinski definition) is 9. The fourth-order valence-corrected chi connectivity index (χ4v) is 7.91. The molecular formula is C28H24N2O7S2. The predicted octanol–water partition coefficient (Wildman–Crippen LogP) is 5.54. The highest BCUT2D eigenvalue weighted by molar-refractivity contribution is 7.91. The molecule has 1 aliphatic carbocycles. The third kappa shape index (κ3) is 5.55. The van der Waals surface area contributed by atoms with Crippen molar-refractivity contribution in [2.75, 3.05) is 13.2 Å². The van der Waals surface area contributed by atoms with Gasteiger partial charge in [0.2, 0.25) is 0 Å². The lowest BCUT2D eigenvalue weighted by molar-refractivity contribution is -0.384. The van der Waals surface area contributed by atoms with Gasteiger partial charge in [0.15, 0.2) is 16.4 Å². The van der Waals surface area contributed by atoms with E-state index in [-0.39, 0.29) is 31.1 Å². The summed E-state index contributed by atoms with van der Waals surface area (Å²) in [5.74, 6) is -0.269. The summed E-state index contributed by atoms with van der Waals surface area (Å²) in [6.07, 6.45) is 0.151. The van der Waals surface area contributed by atoms with E-state index in [1.54, 1.807) is 55.5 Å². The second-order valence-electron chi connectivity index (χ2n) is 8.90. The number of nitrogens with zero attached hydrogens (tertiary/aromatic N) is 2. The summed E-state index contributed by atoms with van der Waals surface area (Å²) in [5.41, 5.74) is 3.18. The number of thiazole rings is 1. The van der Waals surface area contributed by atoms with Gasteiger partial charge in [-0.1, -0.05) is 42.5 Å². The van der Waals surface area contributed by atoms with E-state index in [0.29, 0.717) is 38.0 Å². The average Bonchev–Trinajstić information content (AvgIpc) is 3.37. The Bertz CT molecular complexity index is 1630. The molecule has 0 aliphatic heterocycles. The summed E-state index contributed by atoms with van der Waals surface area (Å²) in [5, 5.41) is 10.8. The second-order valence-corrected chi connectivity index (χ2v) is 12.1. The van der Waals surface area contributed by atoms with Gasteiger partial charge in [-0.2, -0.15) is 0 Å². The molecule has 200 valence electrons. The zero-order valence-corrected chi connectivity index (χ0v) is 22.5. The first-order valence-electron chi connectivity index (χ1n) is 12.2. The minimum atomic E-state index is -3.70. The van der Waals surface area contributed by atoms with Gasteiger partial charge in [0.25, 0.3) is 5.69 Å². The molecule has 39 heavy (non-hydrogen) atoms. The molecule has 11 heteroatoms. The highest BCUT2D eigenvalue weighted by Gasteiger charge is 2.38. The number of aromatic nitrogens is 1. The van der Waals surface area contributed by atoms with Crippen LogP contribution in [0.4, 0.5) is 5.69 Å². The maximum Gasteiger partial charge on any atom is 0.344 e. The number of non-ortho nitro benzene ring substituents is 1. The first-order valence-corrected chi connectivity index (χ1v) is 14.7. The van der Waals surface area contributed by atoms with Gasteiger partial charge in [-0.3, -0.25) is 10.1 Å². The van der Waals surface area contributed by atoms with Gasteiger partial charge in [-0.25, -0.2) is 18.2 Å². The van der Waals surface area contributed by atoms with E-state index in [1.807, 2.05) is 12.1 Å². The van der Waals surface area contributed by atoms with Crippen LogP contribution in [0.25, 0.3) is 21.8 Å². The molecule has 1 aromatic heterocycles. The van der Waals surface area contributed by atoms with Gasteiger partial charge in [-0.05, 0) is 37.1 Å². The first kappa shape index (κ1) is 26.5. The van der Waals surface area contributed by atoms with Gasteiger partial charge < -0.3 is 9.47 Å². The van der Waals surface area contributed by atoms with E-state index in [4.69, 9.17) is 14.5 Å². The Hall–Kier alpha value is -4.09. The van der Waals surface area contributed by atoms with Crippen LogP contribution in [0.5, 0.6) is 5.75 Å². The van der Waals surface area contributed by atoms with Crippen molar-refractivity contribution in [2.45, 2.75) is 24.3 Å². The number of carbonyl (C=O) groups is 1. The van der Waals surface area contributed by atoms with Crippen LogP contribution in [0, 0.1) is 10.1 Å². The normalized spacial score (nSPS) is 14.2. The van der Waals surface area contributed by atoms with Crippen LogP contribution in [-0.4, -0.2) is 37.5 Å². The third-order valence-corrected chi connectivity index (χ3v) is 9.72. The second kappa shape index (κ2) is 11.0. The number of ether oxygens (including phenoxy) is 2. The molecule has 9 nitrogen and oxygen atoms in total. The van der Waals surface area contributed by atoms with Gasteiger partial charge in [0.05, 0.1) is 27.9 Å². The molecule has 0 amide bonds. The number of benzene rings is 3. The summed E-state index contributed by atoms with van der Waals surface area (Å²) in [6.45, 7) is 1.63. The quantitative estimate of drug-likeness (QED) is 0.147. The van der Waals surface area contributed by atoms with E-state index < -0.39 is 26.0 Å². The fraction of sp³-hybridized carbons (Fsp3) is 0.214. The van der Waals surface area contributed by atoms with Crippen molar-refractivity contribution in [3.05, 3.63) is 98.9 Å². The summed E-state index contributed by atoms with van der Waals surface area (Å²) in [4.78, 5) is 28.0. The molecule has 0 radical (unpaired) electrons. The molecule has 0 fully saturated rings. The zero-order valence-electron chi connectivity index (χ0n) is 20.9. The van der Waals surface area contributed by atoms with Crippen LogP contribution in [-0.2, 0) is 31.5 Å². The molecule has 0 N–H and O–H groups in total. The largest absolute Gasteiger partial charge is 0.482 e. The molecule has 0 saturated heterocycles. The van der Waals surface area contributed by atoms with Crippen molar-refractivity contribution in [1.82, 2.24) is 4.98 Å². The number of esters is 1. The molecule has 1 atom stereocenters. The average molecular weight is 565 g/mol. The molecule has 4 aromatic rings. The maximum atomic E-state index is 13.8. The SMILES string of the molecule is CCOC(=O)COc1cccc2c1CC(S(=O)(=O)Cc1ccccc1)c1sc(-c3ccc([N+](=O)[O-])cc3)nc1-2. The molecule has 0 spiro atoms. The minimum Gasteiger partial charge on any atom is -0.482 e. The Balaban J connectivity index is 1.59. The Morgan fingerprint density at radius 3 is 2.51 bits per heavy atom. The number of fused-ring (bicyclic) bond motifs is 3. The van der Waals surface area contributed by atoms with Gasteiger partial charge in [0, 0.05) is 28.8 Å². The van der Waals surface area contributed by atoms with E-state index in [9.17, 15) is 23.3 Å². The third-order valence-electron chi connectivity index (χ3n) is 6.34. The van der Waals surface area contributed by atoms with Crippen molar-refractivity contribution >= 4 is 32.8 Å². The van der Waals surface area contributed by atoms with Crippen molar-refractivity contribution in [3.8, 4) is 27.6 Å². The minimum absolute atomic E-state index is 0.0443. The number of nitro groups is 1. The lowest BCUT2D eigenvalue weighted by Gasteiger charge is -2.26. The van der Waals surface area contributed by atoms with Crippen molar-refractivity contribution in [2.24, 2.45) is 0 Å².